The molecule has 0 saturated carbocycles. The Bertz CT molecular complexity index is 811. The first kappa shape index (κ1) is 21.1. The van der Waals surface area contributed by atoms with Gasteiger partial charge in [-0.25, -0.2) is 19.3 Å². The number of imidazole rings is 1. The molecule has 0 aliphatic carbocycles. The number of hydrogen-bond acceptors (Lipinski definition) is 9. The maximum Gasteiger partial charge on any atom is 0.174 e. The smallest absolute Gasteiger partial charge is 0.174 e. The van der Waals surface area contributed by atoms with E-state index in [1.54, 1.807) is 0 Å². The molecule has 0 aromatic carbocycles. The van der Waals surface area contributed by atoms with Gasteiger partial charge in [-0.2, -0.15) is 0 Å². The number of ether oxygens (including phenoxy) is 1. The summed E-state index contributed by atoms with van der Waals surface area (Å²) in [6, 6.07) is 0. The van der Waals surface area contributed by atoms with Gasteiger partial charge >= 0.3 is 0 Å². The lowest BCUT2D eigenvalue weighted by Crippen LogP contribution is -2.27. The molecule has 1 aliphatic rings. The molecule has 0 bridgehead atoms. The molecular formula is C11H19FN7O5P. The van der Waals surface area contributed by atoms with E-state index in [4.69, 9.17) is 10.5 Å². The van der Waals surface area contributed by atoms with Gasteiger partial charge in [-0.3, -0.25) is 4.57 Å². The number of aliphatic hydroxyl groups excluding tert-OH is 1. The van der Waals surface area contributed by atoms with Gasteiger partial charge < -0.3 is 42.2 Å². The number of quaternary nitrogens is 2. The molecule has 2 aromatic rings. The van der Waals surface area contributed by atoms with Crippen LogP contribution < -0.4 is 27.8 Å². The highest BCUT2D eigenvalue weighted by molar-refractivity contribution is 7.52. The molecule has 25 heavy (non-hydrogen) atoms. The number of aromatic nitrogens is 4. The zero-order valence-corrected chi connectivity index (χ0v) is 14.3. The van der Waals surface area contributed by atoms with Crippen molar-refractivity contribution in [2.45, 2.75) is 24.6 Å². The van der Waals surface area contributed by atoms with Crippen LogP contribution in [0.5, 0.6) is 0 Å². The molecule has 1 aliphatic heterocycles. The highest BCUT2D eigenvalue weighted by Gasteiger charge is 2.44. The van der Waals surface area contributed by atoms with E-state index in [0.717, 1.165) is 12.4 Å². The Hall–Kier alpha value is -1.99. The number of anilines is 1. The molecule has 140 valence electrons. The summed E-state index contributed by atoms with van der Waals surface area (Å²) in [4.78, 5) is 32.9. The normalized spacial score (nSPS) is 26.6. The van der Waals surface area contributed by atoms with E-state index in [1.165, 1.54) is 10.9 Å². The molecule has 1 saturated heterocycles. The van der Waals surface area contributed by atoms with Crippen LogP contribution >= 0.6 is 7.60 Å². The van der Waals surface area contributed by atoms with Crippen molar-refractivity contribution >= 4 is 24.6 Å². The number of nitrogen functional groups attached to an aromatic ring is 1. The van der Waals surface area contributed by atoms with Crippen LogP contribution in [0.3, 0.4) is 0 Å². The van der Waals surface area contributed by atoms with Crippen molar-refractivity contribution in [1.29, 1.82) is 0 Å². The zero-order chi connectivity index (χ0) is 16.8. The lowest BCUT2D eigenvalue weighted by molar-refractivity contribution is -0.308. The third-order valence-corrected chi connectivity index (χ3v) is 3.89. The highest BCUT2D eigenvalue weighted by Crippen LogP contribution is 2.36. The van der Waals surface area contributed by atoms with Gasteiger partial charge in [0.2, 0.25) is 0 Å². The van der Waals surface area contributed by atoms with Crippen molar-refractivity contribution in [1.82, 2.24) is 31.8 Å². The predicted octanol–water partition coefficient (Wildman–Crippen LogP) is -0.815. The number of fused-ring (bicyclic) bond motifs is 1. The van der Waals surface area contributed by atoms with Crippen LogP contribution in [0.25, 0.3) is 11.2 Å². The van der Waals surface area contributed by atoms with E-state index in [0.29, 0.717) is 5.82 Å². The molecule has 0 radical (unpaired) electrons. The molecule has 0 spiro atoms. The standard InChI is InChI=1S/C11H13FN5O5P.2H3N/c12-6-8(18)5(1-2-23(19,20)21)22-11(6)17-4-16-7-9(13)14-3-15-10(7)17;;/h1-6,8,11,18H,(H2,13,14,15)(H2,19,20,21);2*1H3/b2-1+;;/t5-,6-,8-,11-;;/m1../s1. The second-order valence-corrected chi connectivity index (χ2v) is 6.27. The van der Waals surface area contributed by atoms with E-state index in [1.807, 2.05) is 0 Å². The summed E-state index contributed by atoms with van der Waals surface area (Å²) < 4.78 is 31.4. The summed E-state index contributed by atoms with van der Waals surface area (Å²) >= 11 is 0. The molecular weight excluding hydrogens is 360 g/mol. The molecule has 0 amide bonds. The van der Waals surface area contributed by atoms with Gasteiger partial charge in [-0.05, 0) is 7.60 Å². The van der Waals surface area contributed by atoms with Crippen molar-refractivity contribution in [3.63, 3.8) is 0 Å². The predicted molar refractivity (Wildman–Crippen MR) is 83.3 cm³/mol. The average Bonchev–Trinajstić information content (AvgIpc) is 3.01. The molecule has 4 atom stereocenters. The van der Waals surface area contributed by atoms with E-state index in [9.17, 15) is 23.8 Å². The van der Waals surface area contributed by atoms with Crippen LogP contribution in [-0.4, -0.2) is 43.0 Å². The van der Waals surface area contributed by atoms with Gasteiger partial charge in [-0.1, -0.05) is 11.9 Å². The maximum absolute atomic E-state index is 14.3. The topological polar surface area (TPSA) is 235 Å². The van der Waals surface area contributed by atoms with Crippen molar-refractivity contribution in [3.8, 4) is 0 Å². The van der Waals surface area contributed by atoms with Crippen LogP contribution in [0.4, 0.5) is 10.2 Å². The monoisotopic (exact) mass is 379 g/mol. The number of nitrogens with zero attached hydrogens (tertiary/aromatic N) is 4. The fourth-order valence-electron chi connectivity index (χ4n) is 2.29. The number of alkyl halides is 1. The summed E-state index contributed by atoms with van der Waals surface area (Å²) in [6.45, 7) is 0. The molecule has 14 heteroatoms. The van der Waals surface area contributed by atoms with Crippen molar-refractivity contribution in [3.05, 3.63) is 24.5 Å². The summed E-state index contributed by atoms with van der Waals surface area (Å²) in [5.74, 6) is 0.431. The molecule has 2 aromatic heterocycles. The summed E-state index contributed by atoms with van der Waals surface area (Å²) in [7, 11) is -4.94. The van der Waals surface area contributed by atoms with E-state index in [-0.39, 0.29) is 29.3 Å². The third kappa shape index (κ3) is 3.99. The molecule has 0 unspecified atom stereocenters. The quantitative estimate of drug-likeness (QED) is 0.487. The van der Waals surface area contributed by atoms with Crippen LogP contribution in [0, 0.1) is 0 Å². The summed E-state index contributed by atoms with van der Waals surface area (Å²) in [5.41, 5.74) is 6.06. The molecule has 11 N–H and O–H groups in total. The fourth-order valence-corrected chi connectivity index (χ4v) is 2.67. The summed E-state index contributed by atoms with van der Waals surface area (Å²) in [5, 5.41) is 9.81. The van der Waals surface area contributed by atoms with Crippen molar-refractivity contribution in [2.75, 3.05) is 5.73 Å². The Morgan fingerprint density at radius 2 is 2.04 bits per heavy atom. The first-order chi connectivity index (χ1) is 10.8. The number of hydrogen-bond donors (Lipinski definition) is 4. The van der Waals surface area contributed by atoms with Crippen LogP contribution in [0.1, 0.15) is 6.23 Å². The Morgan fingerprint density at radius 3 is 2.68 bits per heavy atom. The highest BCUT2D eigenvalue weighted by atomic mass is 31.2. The molecule has 3 heterocycles. The average molecular weight is 379 g/mol. The van der Waals surface area contributed by atoms with Gasteiger partial charge in [0.25, 0.3) is 0 Å². The minimum Gasteiger partial charge on any atom is -0.808 e. The first-order valence-corrected chi connectivity index (χ1v) is 8.01. The number of nitrogens with two attached hydrogens (primary N) is 1. The lowest BCUT2D eigenvalue weighted by Gasteiger charge is -2.25. The fraction of sp³-hybridized carbons (Fsp3) is 0.364. The Labute approximate surface area is 140 Å². The van der Waals surface area contributed by atoms with Gasteiger partial charge in [0.15, 0.2) is 23.9 Å². The van der Waals surface area contributed by atoms with Crippen molar-refractivity contribution in [2.24, 2.45) is 0 Å². The summed E-state index contributed by atoms with van der Waals surface area (Å²) in [6.07, 6.45) is -2.97. The van der Waals surface area contributed by atoms with E-state index in [2.05, 4.69) is 15.0 Å². The first-order valence-electron chi connectivity index (χ1n) is 6.39. The number of aliphatic hydroxyl groups is 1. The largest absolute Gasteiger partial charge is 0.808 e. The SMILES string of the molecule is Nc1ncnc2c1ncn2[C@@H]1O[C@H](/C=C/P(=O)([O-])[O-])[C@@H](O)[C@H]1F.[NH4+].[NH4+]. The molecule has 1 fully saturated rings. The Morgan fingerprint density at radius 1 is 1.36 bits per heavy atom. The van der Waals surface area contributed by atoms with Gasteiger partial charge in [0, 0.05) is 0 Å². The lowest BCUT2D eigenvalue weighted by atomic mass is 10.1. The molecule has 3 rings (SSSR count). The third-order valence-electron chi connectivity index (χ3n) is 3.35. The minimum atomic E-state index is -4.94. The van der Waals surface area contributed by atoms with E-state index >= 15 is 0 Å². The maximum atomic E-state index is 14.3. The van der Waals surface area contributed by atoms with E-state index < -0.39 is 32.2 Å². The van der Waals surface area contributed by atoms with Gasteiger partial charge in [0.05, 0.1) is 6.33 Å². The Kier molecular flexibility index (Phi) is 6.31. The second-order valence-electron chi connectivity index (χ2n) is 4.89. The zero-order valence-electron chi connectivity index (χ0n) is 13.4. The second kappa shape index (κ2) is 7.49. The Balaban J connectivity index is 0.00000156. The van der Waals surface area contributed by atoms with Crippen LogP contribution in [0.2, 0.25) is 0 Å². The number of rotatable bonds is 3. The van der Waals surface area contributed by atoms with Gasteiger partial charge in [-0.15, -0.1) is 0 Å². The van der Waals surface area contributed by atoms with Crippen molar-refractivity contribution < 1.29 is 28.6 Å². The molecule has 12 nitrogen and oxygen atoms in total. The van der Waals surface area contributed by atoms with Crippen LogP contribution in [-0.2, 0) is 9.30 Å². The minimum absolute atomic E-state index is 0. The van der Waals surface area contributed by atoms with Crippen LogP contribution in [0.15, 0.2) is 24.5 Å². The number of halogens is 1. The van der Waals surface area contributed by atoms with Gasteiger partial charge in [0.1, 0.15) is 24.1 Å².